The molecule has 1 aliphatic rings. The van der Waals surface area contributed by atoms with Gasteiger partial charge >= 0.3 is 0 Å². The quantitative estimate of drug-likeness (QED) is 0.232. The van der Waals surface area contributed by atoms with Gasteiger partial charge in [0.25, 0.3) is 0 Å². The minimum Gasteiger partial charge on any atom is -0.409 e. The first-order chi connectivity index (χ1) is 7.26. The zero-order chi connectivity index (χ0) is 11.1. The Balaban J connectivity index is 2.01. The second-order valence-corrected chi connectivity index (χ2v) is 4.41. The van der Waals surface area contributed by atoms with E-state index in [4.69, 9.17) is 10.9 Å². The van der Waals surface area contributed by atoms with E-state index in [9.17, 15) is 0 Å². The highest BCUT2D eigenvalue weighted by Crippen LogP contribution is 2.19. The van der Waals surface area contributed by atoms with E-state index >= 15 is 0 Å². The van der Waals surface area contributed by atoms with Crippen molar-refractivity contribution in [3.05, 3.63) is 0 Å². The Morgan fingerprint density at radius 2 is 2.33 bits per heavy atom. The number of nitrogens with two attached hydrogens (primary N) is 1. The van der Waals surface area contributed by atoms with Gasteiger partial charge in [0, 0.05) is 13.0 Å². The molecule has 0 saturated carbocycles. The van der Waals surface area contributed by atoms with Gasteiger partial charge in [0.15, 0.2) is 0 Å². The van der Waals surface area contributed by atoms with Crippen LogP contribution in [0.3, 0.4) is 0 Å². The summed E-state index contributed by atoms with van der Waals surface area (Å²) in [6, 6.07) is 0. The lowest BCUT2D eigenvalue weighted by molar-refractivity contribution is 0.311. The molecule has 1 heterocycles. The second kappa shape index (κ2) is 6.67. The molecular weight excluding hydrogens is 190 g/mol. The van der Waals surface area contributed by atoms with Gasteiger partial charge in [-0.15, -0.1) is 0 Å². The number of nitrogens with zero attached hydrogens (tertiary/aromatic N) is 2. The van der Waals surface area contributed by atoms with Gasteiger partial charge in [-0.3, -0.25) is 0 Å². The summed E-state index contributed by atoms with van der Waals surface area (Å²) in [5.74, 6) is 1.26. The van der Waals surface area contributed by atoms with Crippen LogP contribution in [0.1, 0.15) is 39.0 Å². The fraction of sp³-hybridized carbons (Fsp3) is 0.909. The molecule has 1 fully saturated rings. The Morgan fingerprint density at radius 1 is 1.53 bits per heavy atom. The topological polar surface area (TPSA) is 61.8 Å². The van der Waals surface area contributed by atoms with E-state index < -0.39 is 0 Å². The van der Waals surface area contributed by atoms with Crippen LogP contribution in [-0.4, -0.2) is 35.6 Å². The molecule has 0 amide bonds. The van der Waals surface area contributed by atoms with E-state index in [0.29, 0.717) is 12.3 Å². The molecule has 1 atom stereocenters. The van der Waals surface area contributed by atoms with Crippen LogP contribution >= 0.6 is 0 Å². The summed E-state index contributed by atoms with van der Waals surface area (Å²) in [4.78, 5) is 2.53. The van der Waals surface area contributed by atoms with E-state index in [1.54, 1.807) is 0 Å². The average molecular weight is 213 g/mol. The first-order valence-electron chi connectivity index (χ1n) is 5.95. The van der Waals surface area contributed by atoms with E-state index in [2.05, 4.69) is 17.0 Å². The van der Waals surface area contributed by atoms with Gasteiger partial charge in [0.05, 0.1) is 0 Å². The van der Waals surface area contributed by atoms with Crippen LogP contribution in [0.4, 0.5) is 0 Å². The summed E-state index contributed by atoms with van der Waals surface area (Å²) in [5, 5.41) is 11.3. The summed E-state index contributed by atoms with van der Waals surface area (Å²) in [6.07, 6.45) is 5.54. The monoisotopic (exact) mass is 213 g/mol. The third kappa shape index (κ3) is 4.51. The van der Waals surface area contributed by atoms with Crippen molar-refractivity contribution in [2.45, 2.75) is 39.0 Å². The van der Waals surface area contributed by atoms with Crippen molar-refractivity contribution in [3.8, 4) is 0 Å². The highest BCUT2D eigenvalue weighted by Gasteiger charge is 2.19. The Hall–Kier alpha value is -0.770. The van der Waals surface area contributed by atoms with E-state index in [1.165, 1.54) is 25.9 Å². The number of hydrogen-bond donors (Lipinski definition) is 2. The van der Waals surface area contributed by atoms with Crippen molar-refractivity contribution < 1.29 is 5.21 Å². The van der Waals surface area contributed by atoms with Crippen LogP contribution in [0, 0.1) is 5.92 Å². The predicted octanol–water partition coefficient (Wildman–Crippen LogP) is 1.63. The van der Waals surface area contributed by atoms with Crippen LogP contribution in [-0.2, 0) is 0 Å². The van der Waals surface area contributed by atoms with Crippen LogP contribution in [0.15, 0.2) is 5.16 Å². The molecule has 1 aliphatic heterocycles. The van der Waals surface area contributed by atoms with Gasteiger partial charge in [0.1, 0.15) is 5.84 Å². The molecule has 1 rings (SSSR count). The smallest absolute Gasteiger partial charge is 0.139 e. The van der Waals surface area contributed by atoms with Gasteiger partial charge in [-0.05, 0) is 38.3 Å². The SMILES string of the molecule is CCC1CCN(CCCCC(N)=NO)C1. The van der Waals surface area contributed by atoms with Crippen molar-refractivity contribution in [1.29, 1.82) is 0 Å². The van der Waals surface area contributed by atoms with E-state index in [1.807, 2.05) is 0 Å². The Kier molecular flexibility index (Phi) is 5.47. The fourth-order valence-electron chi connectivity index (χ4n) is 2.14. The van der Waals surface area contributed by atoms with Gasteiger partial charge in [-0.25, -0.2) is 0 Å². The molecule has 1 unspecified atom stereocenters. The molecule has 3 N–H and O–H groups in total. The first-order valence-corrected chi connectivity index (χ1v) is 5.95. The number of unbranched alkanes of at least 4 members (excludes halogenated alkanes) is 1. The standard InChI is InChI=1S/C11H23N3O/c1-2-10-6-8-14(9-10)7-4-3-5-11(12)13-15/h10,15H,2-9H2,1H3,(H2,12,13). The number of amidine groups is 1. The van der Waals surface area contributed by atoms with Gasteiger partial charge < -0.3 is 15.8 Å². The molecule has 0 aromatic heterocycles. The predicted molar refractivity (Wildman–Crippen MR) is 62.1 cm³/mol. The molecule has 0 radical (unpaired) electrons. The van der Waals surface area contributed by atoms with Crippen molar-refractivity contribution in [2.24, 2.45) is 16.8 Å². The zero-order valence-corrected chi connectivity index (χ0v) is 9.65. The van der Waals surface area contributed by atoms with Crippen molar-refractivity contribution in [1.82, 2.24) is 4.90 Å². The highest BCUT2D eigenvalue weighted by molar-refractivity contribution is 5.79. The lowest BCUT2D eigenvalue weighted by Crippen LogP contribution is -2.22. The van der Waals surface area contributed by atoms with Crippen LogP contribution in [0.5, 0.6) is 0 Å². The summed E-state index contributed by atoms with van der Waals surface area (Å²) in [5.41, 5.74) is 5.40. The number of likely N-dealkylation sites (tertiary alicyclic amines) is 1. The van der Waals surface area contributed by atoms with Crippen molar-refractivity contribution in [2.75, 3.05) is 19.6 Å². The fourth-order valence-corrected chi connectivity index (χ4v) is 2.14. The molecule has 1 saturated heterocycles. The Morgan fingerprint density at radius 3 is 2.93 bits per heavy atom. The molecule has 0 aliphatic carbocycles. The maximum Gasteiger partial charge on any atom is 0.139 e. The molecule has 4 heteroatoms. The molecule has 15 heavy (non-hydrogen) atoms. The Bertz CT molecular complexity index is 206. The molecule has 88 valence electrons. The van der Waals surface area contributed by atoms with Crippen molar-refractivity contribution >= 4 is 5.84 Å². The van der Waals surface area contributed by atoms with E-state index in [0.717, 1.165) is 25.3 Å². The second-order valence-electron chi connectivity index (χ2n) is 4.41. The number of hydrogen-bond acceptors (Lipinski definition) is 3. The first kappa shape index (κ1) is 12.3. The number of rotatable bonds is 6. The summed E-state index contributed by atoms with van der Waals surface area (Å²) < 4.78 is 0. The number of oxime groups is 1. The molecule has 0 aromatic rings. The molecule has 0 aromatic carbocycles. The third-order valence-electron chi connectivity index (χ3n) is 3.23. The van der Waals surface area contributed by atoms with Gasteiger partial charge in [0.2, 0.25) is 0 Å². The minimum absolute atomic E-state index is 0.350. The average Bonchev–Trinajstić information content (AvgIpc) is 2.72. The van der Waals surface area contributed by atoms with Gasteiger partial charge in [-0.2, -0.15) is 0 Å². The maximum absolute atomic E-state index is 8.36. The molecule has 0 bridgehead atoms. The lowest BCUT2D eigenvalue weighted by Gasteiger charge is -2.15. The summed E-state index contributed by atoms with van der Waals surface area (Å²) in [7, 11) is 0. The largest absolute Gasteiger partial charge is 0.409 e. The van der Waals surface area contributed by atoms with E-state index in [-0.39, 0.29) is 0 Å². The summed E-state index contributed by atoms with van der Waals surface area (Å²) >= 11 is 0. The maximum atomic E-state index is 8.36. The van der Waals surface area contributed by atoms with Crippen LogP contribution < -0.4 is 5.73 Å². The molecular formula is C11H23N3O. The van der Waals surface area contributed by atoms with Gasteiger partial charge in [-0.1, -0.05) is 18.5 Å². The minimum atomic E-state index is 0.350. The van der Waals surface area contributed by atoms with Crippen LogP contribution in [0.25, 0.3) is 0 Å². The normalized spacial score (nSPS) is 23.5. The molecule has 4 nitrogen and oxygen atoms in total. The lowest BCUT2D eigenvalue weighted by atomic mass is 10.1. The molecule has 0 spiro atoms. The van der Waals surface area contributed by atoms with Crippen LogP contribution in [0.2, 0.25) is 0 Å². The summed E-state index contributed by atoms with van der Waals surface area (Å²) in [6.45, 7) is 5.95. The highest BCUT2D eigenvalue weighted by atomic mass is 16.4. The Labute approximate surface area is 92.1 Å². The third-order valence-corrected chi connectivity index (χ3v) is 3.23. The van der Waals surface area contributed by atoms with Crippen molar-refractivity contribution in [3.63, 3.8) is 0 Å². The zero-order valence-electron chi connectivity index (χ0n) is 9.65.